The first-order chi connectivity index (χ1) is 14.4. The van der Waals surface area contributed by atoms with E-state index >= 15 is 0 Å². The van der Waals surface area contributed by atoms with Gasteiger partial charge in [0.15, 0.2) is 12.4 Å². The molecule has 7 atom stereocenters. The van der Waals surface area contributed by atoms with Crippen LogP contribution in [-0.2, 0) is 27.1 Å². The minimum atomic E-state index is -5.96. The summed E-state index contributed by atoms with van der Waals surface area (Å²) in [5.74, 6) is -4.33. The Hall–Kier alpha value is -0.800. The summed E-state index contributed by atoms with van der Waals surface area (Å²) in [5.41, 5.74) is 1.74. The van der Waals surface area contributed by atoms with Crippen LogP contribution in [0.25, 0.3) is 0 Å². The monoisotopic (exact) mass is 549 g/mol. The summed E-state index contributed by atoms with van der Waals surface area (Å²) >= 11 is 5.67. The van der Waals surface area contributed by atoms with Crippen molar-refractivity contribution in [3.05, 3.63) is 22.7 Å². The summed E-state index contributed by atoms with van der Waals surface area (Å²) in [7, 11) is -17.5. The summed E-state index contributed by atoms with van der Waals surface area (Å²) in [6.07, 6.45) is -7.09. The lowest BCUT2D eigenvalue weighted by Gasteiger charge is -2.31. The van der Waals surface area contributed by atoms with Gasteiger partial charge in [0.2, 0.25) is 5.91 Å². The third kappa shape index (κ3) is 6.20. The Morgan fingerprint density at radius 1 is 1.31 bits per heavy atom. The minimum Gasteiger partial charge on any atom is -0.387 e. The van der Waals surface area contributed by atoms with Crippen LogP contribution in [0, 0.1) is 0 Å². The van der Waals surface area contributed by atoms with Crippen molar-refractivity contribution in [2.75, 3.05) is 11.6 Å². The van der Waals surface area contributed by atoms with Crippen molar-refractivity contribution in [3.8, 4) is 0 Å². The zero-order valence-electron chi connectivity index (χ0n) is 15.4. The Bertz CT molecular complexity index is 1060. The predicted octanol–water partition coefficient (Wildman–Crippen LogP) is 0.128. The van der Waals surface area contributed by atoms with E-state index in [1.165, 1.54) is 0 Å². The highest BCUT2D eigenvalue weighted by molar-refractivity contribution is 7.68. The van der Waals surface area contributed by atoms with Gasteiger partial charge >= 0.3 is 28.9 Å². The molecule has 184 valence electrons. The molecule has 1 aromatic heterocycles. The Morgan fingerprint density at radius 3 is 2.41 bits per heavy atom. The second kappa shape index (κ2) is 9.45. The third-order valence-electron chi connectivity index (χ3n) is 4.12. The summed E-state index contributed by atoms with van der Waals surface area (Å²) in [6, 6.07) is 1.08. The number of phosphoric acid groups is 2. The number of hydrogen-bond donors (Lipinski definition) is 6. The number of rotatable bonds is 9. The van der Waals surface area contributed by atoms with E-state index in [1.54, 1.807) is 0 Å². The SMILES string of the molecule is Nc1ccn([C@@H]2O[C@](CCl)(CC(F)P(=O)(O)OP(=O)(O)OP(=O)(O)O)[C@@H](O)C2F)c(=O)n1. The number of hydrogen-bond acceptors (Lipinski definition) is 10. The van der Waals surface area contributed by atoms with Crippen LogP contribution < -0.4 is 11.4 Å². The number of nitrogen functional groups attached to an aromatic ring is 1. The van der Waals surface area contributed by atoms with E-state index in [1.807, 2.05) is 0 Å². The zero-order chi connectivity index (χ0) is 24.7. The first kappa shape index (κ1) is 27.4. The lowest BCUT2D eigenvalue weighted by Crippen LogP contribution is -2.46. The van der Waals surface area contributed by atoms with Gasteiger partial charge in [-0.15, -0.1) is 11.6 Å². The fourth-order valence-electron chi connectivity index (χ4n) is 2.73. The number of alkyl halides is 3. The second-order valence-corrected chi connectivity index (χ2v) is 11.6. The van der Waals surface area contributed by atoms with Gasteiger partial charge in [0.1, 0.15) is 17.5 Å². The van der Waals surface area contributed by atoms with Gasteiger partial charge in [0.05, 0.1) is 5.88 Å². The van der Waals surface area contributed by atoms with Crippen LogP contribution in [0.15, 0.2) is 17.1 Å². The van der Waals surface area contributed by atoms with E-state index in [0.29, 0.717) is 4.57 Å². The maximum absolute atomic E-state index is 14.7. The molecule has 1 fully saturated rings. The van der Waals surface area contributed by atoms with Crippen molar-refractivity contribution in [1.29, 1.82) is 0 Å². The molecule has 0 saturated carbocycles. The van der Waals surface area contributed by atoms with Crippen molar-refractivity contribution < 1.29 is 60.5 Å². The van der Waals surface area contributed by atoms with E-state index < -0.39 is 71.2 Å². The molecule has 15 nitrogen and oxygen atoms in total. The molecule has 0 bridgehead atoms. The Balaban J connectivity index is 2.28. The van der Waals surface area contributed by atoms with Crippen LogP contribution in [0.2, 0.25) is 0 Å². The third-order valence-corrected chi connectivity index (χ3v) is 8.90. The van der Waals surface area contributed by atoms with Crippen molar-refractivity contribution in [1.82, 2.24) is 9.55 Å². The Labute approximate surface area is 182 Å². The smallest absolute Gasteiger partial charge is 0.387 e. The molecule has 0 amide bonds. The lowest BCUT2D eigenvalue weighted by molar-refractivity contribution is -0.100. The number of aliphatic hydroxyl groups is 1. The largest absolute Gasteiger partial charge is 0.488 e. The van der Waals surface area contributed by atoms with E-state index in [2.05, 4.69) is 13.6 Å². The molecule has 2 rings (SSSR count). The highest BCUT2D eigenvalue weighted by atomic mass is 35.5. The molecule has 1 aromatic rings. The molecule has 1 saturated heterocycles. The Kier molecular flexibility index (Phi) is 8.10. The van der Waals surface area contributed by atoms with E-state index in [4.69, 9.17) is 36.8 Å². The van der Waals surface area contributed by atoms with Gasteiger partial charge in [-0.05, 0) is 6.07 Å². The molecule has 1 aliphatic heterocycles. The molecule has 1 aliphatic rings. The van der Waals surface area contributed by atoms with E-state index in [-0.39, 0.29) is 5.82 Å². The number of ether oxygens (including phenoxy) is 1. The van der Waals surface area contributed by atoms with Gasteiger partial charge in [0.25, 0.3) is 0 Å². The van der Waals surface area contributed by atoms with Gasteiger partial charge in [-0.1, -0.05) is 0 Å². The number of aliphatic hydroxyl groups excluding tert-OH is 1. The number of aromatic nitrogens is 2. The van der Waals surface area contributed by atoms with Crippen LogP contribution in [-0.4, -0.2) is 63.9 Å². The van der Waals surface area contributed by atoms with Crippen molar-refractivity contribution in [2.45, 2.75) is 36.4 Å². The topological polar surface area (TPSA) is 241 Å². The summed E-state index contributed by atoms with van der Waals surface area (Å²) in [4.78, 5) is 51.0. The molecule has 0 radical (unpaired) electrons. The number of nitrogens with two attached hydrogens (primary N) is 1. The number of nitrogens with zero attached hydrogens (tertiary/aromatic N) is 2. The average Bonchev–Trinajstić information content (AvgIpc) is 2.84. The van der Waals surface area contributed by atoms with Crippen molar-refractivity contribution in [3.63, 3.8) is 0 Å². The molecular weight excluding hydrogens is 533 g/mol. The standard InChI is InChI=1S/C11H17ClF2N3O12P3/c12-4-11(3-5(13)30(20,21)28-32(25,26)29-31(22,23)24)8(18)7(14)9(27-11)17-2-1-6(15)16-10(17)19/h1-2,5,7-9,18H,3-4H2,(H,20,21)(H,25,26)(H2,15,16,19)(H2,22,23,24)/t5?,7?,8-,9+,11-/m0/s1. The number of halogens is 3. The van der Waals surface area contributed by atoms with Crippen LogP contribution in [0.4, 0.5) is 14.6 Å². The lowest BCUT2D eigenvalue weighted by atomic mass is 9.94. The van der Waals surface area contributed by atoms with Gasteiger partial charge in [0, 0.05) is 12.6 Å². The zero-order valence-corrected chi connectivity index (χ0v) is 18.9. The molecule has 2 heterocycles. The minimum absolute atomic E-state index is 0.225. The van der Waals surface area contributed by atoms with Crippen LogP contribution in [0.5, 0.6) is 0 Å². The maximum Gasteiger partial charge on any atom is 0.488 e. The molecule has 0 spiro atoms. The molecule has 0 aliphatic carbocycles. The second-order valence-electron chi connectivity index (χ2n) is 6.46. The molecule has 32 heavy (non-hydrogen) atoms. The van der Waals surface area contributed by atoms with E-state index in [9.17, 15) is 37.3 Å². The first-order valence-corrected chi connectivity index (χ1v) is 13.3. The molecule has 21 heteroatoms. The first-order valence-electron chi connectivity index (χ1n) is 8.11. The summed E-state index contributed by atoms with van der Waals surface area (Å²) in [5, 5.41) is 10.2. The molecule has 4 unspecified atom stereocenters. The normalized spacial score (nSPS) is 31.1. The van der Waals surface area contributed by atoms with Gasteiger partial charge in [-0.2, -0.15) is 9.29 Å². The summed E-state index contributed by atoms with van der Waals surface area (Å²) < 4.78 is 76.1. The van der Waals surface area contributed by atoms with Crippen LogP contribution in [0.1, 0.15) is 12.6 Å². The van der Waals surface area contributed by atoms with Gasteiger partial charge in [-0.3, -0.25) is 9.13 Å². The van der Waals surface area contributed by atoms with Gasteiger partial charge < -0.3 is 35.2 Å². The highest BCUT2D eigenvalue weighted by Crippen LogP contribution is 2.68. The predicted molar refractivity (Wildman–Crippen MR) is 101 cm³/mol. The fraction of sp³-hybridized carbons (Fsp3) is 0.636. The van der Waals surface area contributed by atoms with Gasteiger partial charge in [-0.25, -0.2) is 27.0 Å². The fourth-order valence-corrected chi connectivity index (χ4v) is 6.66. The summed E-state index contributed by atoms with van der Waals surface area (Å²) in [6.45, 7) is 0. The van der Waals surface area contributed by atoms with Crippen molar-refractivity contribution in [2.24, 2.45) is 0 Å². The molecule has 0 aromatic carbocycles. The molecular formula is C11H17ClF2N3O12P3. The number of anilines is 1. The van der Waals surface area contributed by atoms with Crippen molar-refractivity contribution >= 4 is 40.7 Å². The highest BCUT2D eigenvalue weighted by Gasteiger charge is 2.59. The average molecular weight is 550 g/mol. The molecule has 7 N–H and O–H groups in total. The van der Waals surface area contributed by atoms with Crippen LogP contribution >= 0.6 is 34.8 Å². The van der Waals surface area contributed by atoms with Crippen LogP contribution in [0.3, 0.4) is 0 Å². The maximum atomic E-state index is 14.7. The Morgan fingerprint density at radius 2 is 1.91 bits per heavy atom. The van der Waals surface area contributed by atoms with E-state index in [0.717, 1.165) is 12.3 Å². The quantitative estimate of drug-likeness (QED) is 0.177.